The molecule has 8 nitrogen and oxygen atoms in total. The summed E-state index contributed by atoms with van der Waals surface area (Å²) in [5.74, 6) is -1.79. The van der Waals surface area contributed by atoms with Crippen molar-refractivity contribution in [2.45, 2.75) is 54.2 Å². The summed E-state index contributed by atoms with van der Waals surface area (Å²) in [6.07, 6.45) is -0.284. The highest BCUT2D eigenvalue weighted by atomic mass is 32.2. The third-order valence-corrected chi connectivity index (χ3v) is 8.78. The van der Waals surface area contributed by atoms with Crippen molar-refractivity contribution in [3.63, 3.8) is 0 Å². The van der Waals surface area contributed by atoms with Crippen molar-refractivity contribution < 1.29 is 37.0 Å². The molecule has 1 aliphatic carbocycles. The van der Waals surface area contributed by atoms with Gasteiger partial charge in [0.2, 0.25) is 0 Å². The van der Waals surface area contributed by atoms with E-state index in [9.17, 15) is 27.5 Å². The number of carboxylic acids is 1. The quantitative estimate of drug-likeness (QED) is 0.523. The second-order valence-corrected chi connectivity index (χ2v) is 10.2. The third kappa shape index (κ3) is 4.58. The average Bonchev–Trinajstić information content (AvgIpc) is 3.14. The second-order valence-electron chi connectivity index (χ2n) is 7.96. The van der Waals surface area contributed by atoms with Gasteiger partial charge in [-0.25, -0.2) is 12.8 Å². The van der Waals surface area contributed by atoms with Gasteiger partial charge < -0.3 is 20.3 Å². The van der Waals surface area contributed by atoms with Crippen molar-refractivity contribution in [2.75, 3.05) is 6.61 Å². The third-order valence-electron chi connectivity index (χ3n) is 6.08. The molecule has 3 rings (SSSR count). The maximum absolute atomic E-state index is 13.8. The number of rotatable bonds is 9. The lowest BCUT2D eigenvalue weighted by Crippen LogP contribution is -2.65. The first-order valence-corrected chi connectivity index (χ1v) is 12.0. The van der Waals surface area contributed by atoms with Crippen molar-refractivity contribution in [1.29, 1.82) is 0 Å². The lowest BCUT2D eigenvalue weighted by Gasteiger charge is -2.39. The molecular weight excluding hydrogens is 453 g/mol. The zero-order valence-electron chi connectivity index (χ0n) is 18.1. The molecule has 1 saturated carbocycles. The summed E-state index contributed by atoms with van der Waals surface area (Å²) in [6.45, 7) is 1.75. The molecule has 2 aromatic carbocycles. The number of nitrogens with two attached hydrogens (primary N) is 1. The lowest BCUT2D eigenvalue weighted by molar-refractivity contribution is -0.146. The second kappa shape index (κ2) is 9.48. The van der Waals surface area contributed by atoms with E-state index >= 15 is 0 Å². The number of aliphatic carboxylic acids is 1. The molecule has 0 saturated heterocycles. The highest BCUT2D eigenvalue weighted by Crippen LogP contribution is 2.49. The van der Waals surface area contributed by atoms with Crippen molar-refractivity contribution in [3.05, 3.63) is 54.3 Å². The Morgan fingerprint density at radius 3 is 2.18 bits per heavy atom. The van der Waals surface area contributed by atoms with Crippen LogP contribution in [0.15, 0.2) is 53.4 Å². The molecule has 10 heteroatoms. The first kappa shape index (κ1) is 24.7. The predicted molar refractivity (Wildman–Crippen MR) is 117 cm³/mol. The maximum Gasteiger partial charge on any atom is 0.325 e. The molecule has 0 heterocycles. The van der Waals surface area contributed by atoms with Crippen LogP contribution in [-0.2, 0) is 24.2 Å². The number of esters is 1. The highest BCUT2D eigenvalue weighted by molar-refractivity contribution is 7.93. The standard InChI is InChI=1S/C23H26FNO7S/c1-2-31-20(26)12-15-22(13-3-14-23(22,25)21(27)28)33(29,30)19-10-8-18(9-11-19)32-17-6-4-16(24)5-7-17/h4-11H,2-3,12-15,25H2,1H3,(H,27,28). The van der Waals surface area contributed by atoms with Gasteiger partial charge in [-0.05, 0) is 81.1 Å². The van der Waals surface area contributed by atoms with Crippen molar-refractivity contribution in [3.8, 4) is 11.5 Å². The molecule has 2 atom stereocenters. The lowest BCUT2D eigenvalue weighted by atomic mass is 9.83. The molecule has 0 radical (unpaired) electrons. The van der Waals surface area contributed by atoms with E-state index in [0.717, 1.165) is 0 Å². The number of benzene rings is 2. The van der Waals surface area contributed by atoms with Crippen LogP contribution in [0.3, 0.4) is 0 Å². The highest BCUT2D eigenvalue weighted by Gasteiger charge is 2.64. The van der Waals surface area contributed by atoms with E-state index < -0.39 is 37.9 Å². The van der Waals surface area contributed by atoms with E-state index in [4.69, 9.17) is 15.2 Å². The van der Waals surface area contributed by atoms with E-state index in [-0.39, 0.29) is 43.6 Å². The zero-order chi connectivity index (χ0) is 24.3. The Bertz CT molecular complexity index is 1120. The van der Waals surface area contributed by atoms with Gasteiger partial charge in [-0.1, -0.05) is 0 Å². The number of carbonyl (C=O) groups is 2. The molecule has 0 aliphatic heterocycles. The number of hydrogen-bond acceptors (Lipinski definition) is 7. The van der Waals surface area contributed by atoms with Gasteiger partial charge in [-0.2, -0.15) is 0 Å². The molecule has 1 aliphatic rings. The van der Waals surface area contributed by atoms with Gasteiger partial charge in [-0.15, -0.1) is 0 Å². The van der Waals surface area contributed by atoms with Crippen LogP contribution in [0.5, 0.6) is 11.5 Å². The Balaban J connectivity index is 1.95. The summed E-state index contributed by atoms with van der Waals surface area (Å²) in [5.41, 5.74) is 4.17. The van der Waals surface area contributed by atoms with Crippen molar-refractivity contribution in [2.24, 2.45) is 5.73 Å². The smallest absolute Gasteiger partial charge is 0.325 e. The van der Waals surface area contributed by atoms with Crippen LogP contribution in [0.4, 0.5) is 4.39 Å². The number of carbonyl (C=O) groups excluding carboxylic acids is 1. The summed E-state index contributed by atoms with van der Waals surface area (Å²) in [4.78, 5) is 24.0. The summed E-state index contributed by atoms with van der Waals surface area (Å²) >= 11 is 0. The molecule has 0 spiro atoms. The minimum Gasteiger partial charge on any atom is -0.480 e. The Morgan fingerprint density at radius 2 is 1.64 bits per heavy atom. The van der Waals surface area contributed by atoms with E-state index in [2.05, 4.69) is 0 Å². The molecule has 0 bridgehead atoms. The van der Waals surface area contributed by atoms with Crippen LogP contribution in [0.1, 0.15) is 39.0 Å². The van der Waals surface area contributed by atoms with Crippen LogP contribution in [0.25, 0.3) is 0 Å². The fourth-order valence-electron chi connectivity index (χ4n) is 4.35. The van der Waals surface area contributed by atoms with Crippen LogP contribution in [0.2, 0.25) is 0 Å². The van der Waals surface area contributed by atoms with Gasteiger partial charge in [0.1, 0.15) is 27.6 Å². The monoisotopic (exact) mass is 479 g/mol. The Morgan fingerprint density at radius 1 is 1.06 bits per heavy atom. The first-order valence-electron chi connectivity index (χ1n) is 10.5. The molecule has 1 fully saturated rings. The molecule has 178 valence electrons. The molecule has 33 heavy (non-hydrogen) atoms. The minimum absolute atomic E-state index is 0.00533. The predicted octanol–water partition coefficient (Wildman–Crippen LogP) is 3.44. The fourth-order valence-corrected chi connectivity index (χ4v) is 6.75. The fraction of sp³-hybridized carbons (Fsp3) is 0.391. The normalized spacial score (nSPS) is 22.6. The van der Waals surface area contributed by atoms with E-state index in [0.29, 0.717) is 11.5 Å². The molecule has 2 unspecified atom stereocenters. The van der Waals surface area contributed by atoms with Crippen LogP contribution in [0, 0.1) is 5.82 Å². The van der Waals surface area contributed by atoms with Crippen LogP contribution < -0.4 is 10.5 Å². The molecule has 0 aromatic heterocycles. The zero-order valence-corrected chi connectivity index (χ0v) is 18.9. The largest absolute Gasteiger partial charge is 0.480 e. The van der Waals surface area contributed by atoms with Crippen LogP contribution >= 0.6 is 0 Å². The number of sulfone groups is 1. The Labute approximate surface area is 191 Å². The Hall–Kier alpha value is -2.98. The SMILES string of the molecule is CCOC(=O)CCC1(S(=O)(=O)c2ccc(Oc3ccc(F)cc3)cc2)CCCC1(N)C(=O)O. The van der Waals surface area contributed by atoms with Gasteiger partial charge >= 0.3 is 11.9 Å². The number of ether oxygens (including phenoxy) is 2. The maximum atomic E-state index is 13.8. The van der Waals surface area contributed by atoms with E-state index in [1.807, 2.05) is 0 Å². The van der Waals surface area contributed by atoms with Gasteiger partial charge in [0.15, 0.2) is 9.84 Å². The number of hydrogen-bond donors (Lipinski definition) is 2. The topological polar surface area (TPSA) is 133 Å². The number of carboxylic acid groups (broad SMARTS) is 1. The molecular formula is C23H26FNO7S. The summed E-state index contributed by atoms with van der Waals surface area (Å²) < 4.78 is 49.2. The summed E-state index contributed by atoms with van der Waals surface area (Å²) in [7, 11) is -4.28. The number of halogens is 1. The summed E-state index contributed by atoms with van der Waals surface area (Å²) in [6, 6.07) is 10.8. The van der Waals surface area contributed by atoms with Gasteiger partial charge in [0.25, 0.3) is 0 Å². The van der Waals surface area contributed by atoms with E-state index in [1.165, 1.54) is 48.5 Å². The Kier molecular flexibility index (Phi) is 7.08. The van der Waals surface area contributed by atoms with Gasteiger partial charge in [0, 0.05) is 6.42 Å². The van der Waals surface area contributed by atoms with E-state index in [1.54, 1.807) is 6.92 Å². The minimum atomic E-state index is -4.28. The molecule has 0 amide bonds. The molecule has 3 N–H and O–H groups in total. The van der Waals surface area contributed by atoms with Crippen LogP contribution in [-0.4, -0.2) is 42.4 Å². The van der Waals surface area contributed by atoms with Crippen molar-refractivity contribution in [1.82, 2.24) is 0 Å². The molecule has 2 aromatic rings. The van der Waals surface area contributed by atoms with Crippen molar-refractivity contribution >= 4 is 21.8 Å². The first-order chi connectivity index (χ1) is 15.6. The summed E-state index contributed by atoms with van der Waals surface area (Å²) in [5, 5.41) is 9.86. The van der Waals surface area contributed by atoms with Gasteiger partial charge in [-0.3, -0.25) is 9.59 Å². The van der Waals surface area contributed by atoms with Gasteiger partial charge in [0.05, 0.1) is 11.5 Å². The average molecular weight is 480 g/mol.